The first-order valence-corrected chi connectivity index (χ1v) is 51.2. The summed E-state index contributed by atoms with van der Waals surface area (Å²) >= 11 is 0. The molecule has 0 aliphatic rings. The van der Waals surface area contributed by atoms with Crippen LogP contribution in [0, 0.1) is 45.9 Å². The number of aromatic nitrogens is 6. The van der Waals surface area contributed by atoms with Gasteiger partial charge in [0.2, 0.25) is 0 Å². The number of benzene rings is 17. The summed E-state index contributed by atoms with van der Waals surface area (Å²) in [6, 6.07) is 163. The van der Waals surface area contributed by atoms with Crippen LogP contribution in [0.3, 0.4) is 0 Å². The van der Waals surface area contributed by atoms with Crippen molar-refractivity contribution >= 4 is 0 Å². The van der Waals surface area contributed by atoms with Crippen LogP contribution in [-0.2, 0) is 77.6 Å². The van der Waals surface area contributed by atoms with Gasteiger partial charge in [0.05, 0.1) is 0 Å². The molecule has 0 spiro atoms. The van der Waals surface area contributed by atoms with E-state index in [-0.39, 0.29) is 71.1 Å². The molecule has 741 valence electrons. The van der Waals surface area contributed by atoms with E-state index in [4.69, 9.17) is 15.0 Å². The van der Waals surface area contributed by atoms with E-state index < -0.39 is 0 Å². The zero-order valence-electron chi connectivity index (χ0n) is 86.4. The van der Waals surface area contributed by atoms with Crippen molar-refractivity contribution in [3.63, 3.8) is 0 Å². The molecule has 21 rings (SSSR count). The van der Waals surface area contributed by atoms with Crippen LogP contribution in [0.15, 0.2) is 449 Å². The Bertz CT molecular complexity index is 7970. The molecule has 0 N–H and O–H groups in total. The Morgan fingerprint density at radius 3 is 0.906 bits per heavy atom. The van der Waals surface area contributed by atoms with Gasteiger partial charge in [0.25, 0.3) is 0 Å². The predicted octanol–water partition coefficient (Wildman–Crippen LogP) is 37.6. The third-order valence-electron chi connectivity index (χ3n) is 27.5. The van der Waals surface area contributed by atoms with Gasteiger partial charge in [-0.15, -0.1) is 106 Å². The zero-order valence-corrected chi connectivity index (χ0v) is 93.5. The Hall–Kier alpha value is -14.9. The minimum absolute atomic E-state index is 0. The van der Waals surface area contributed by atoms with E-state index in [0.29, 0.717) is 17.5 Å². The molecular formula is C140H121Ir3N6-3. The number of aryl methyl sites for hydroxylation is 5. The molecule has 0 aliphatic heterocycles. The van der Waals surface area contributed by atoms with Gasteiger partial charge in [0.15, 0.2) is 17.5 Å². The van der Waals surface area contributed by atoms with E-state index >= 15 is 0 Å². The second kappa shape index (κ2) is 49.8. The van der Waals surface area contributed by atoms with Gasteiger partial charge in [-0.05, 0) is 285 Å². The fourth-order valence-electron chi connectivity index (χ4n) is 20.1. The minimum Gasteiger partial charge on any atom is -0.305 e. The van der Waals surface area contributed by atoms with E-state index in [1.54, 1.807) is 0 Å². The van der Waals surface area contributed by atoms with Gasteiger partial charge in [0, 0.05) is 95.6 Å². The summed E-state index contributed by atoms with van der Waals surface area (Å²) in [6.45, 7) is 25.3. The van der Waals surface area contributed by atoms with E-state index in [2.05, 4.69) is 413 Å². The van der Waals surface area contributed by atoms with Crippen molar-refractivity contribution in [1.82, 2.24) is 29.9 Å². The molecule has 0 bridgehead atoms. The van der Waals surface area contributed by atoms with Crippen molar-refractivity contribution < 1.29 is 60.3 Å². The summed E-state index contributed by atoms with van der Waals surface area (Å²) in [7, 11) is 0. The standard InChI is InChI=1S/C51H56N.C49H36N.C40H29N4.3Ir/c1-8-9-10-11-12-14-21-37-22-19-25-39(32-37)43-35-46(50(2,3)4)49(47(36-43)51(5,6)7)45-34-40(38-23-15-13-16-24-38)29-30-44(45)41-26-20-27-42(33-41)48-28-17-18-31-52-48;1-34-28-45(41-21-12-20-40(31-41)39-19-11-18-38(30-39)36-14-5-3-6-15-36)29-35(2)49(34)47-33-42(37-16-7-4-8-17-37)25-26-46(47)43-22-13-23-44(32-43)48-24-9-10-27-50-48;1-27-13-11-14-28(2)37(27)35-26-33(22-23-34(35)31-19-12-20-32(25-31)36-21-9-10-24-41-36)40-43-38(29-15-5-3-6-16-29)42-39(44-40)30-17-7-4-8-18-30;;;/h13,15-20,22-26,28-36H,8-12,14,21H2,1-7H3;3-22,24-33H,1-2H3;3-19,21-26H,1-2H3;;;/q3*-1;;;. The van der Waals surface area contributed by atoms with Crippen molar-refractivity contribution in [2.24, 2.45) is 0 Å². The molecule has 3 radical (unpaired) electrons. The van der Waals surface area contributed by atoms with Gasteiger partial charge in [-0.1, -0.05) is 396 Å². The summed E-state index contributed by atoms with van der Waals surface area (Å²) < 4.78 is 0. The number of hydrogen-bond donors (Lipinski definition) is 0. The first kappa shape index (κ1) is 107. The smallest absolute Gasteiger partial charge is 0.164 e. The van der Waals surface area contributed by atoms with Crippen LogP contribution in [0.25, 0.3) is 201 Å². The Morgan fingerprint density at radius 1 is 0.215 bits per heavy atom. The van der Waals surface area contributed by atoms with Crippen LogP contribution < -0.4 is 0 Å². The normalized spacial score (nSPS) is 11.1. The summed E-state index contributed by atoms with van der Waals surface area (Å²) in [4.78, 5) is 28.7. The van der Waals surface area contributed by atoms with Crippen molar-refractivity contribution in [3.05, 3.63) is 506 Å². The summed E-state index contributed by atoms with van der Waals surface area (Å²) in [5.74, 6) is 1.92. The molecular weight excluding hydrogens is 2340 g/mol. The largest absolute Gasteiger partial charge is 0.305 e. The second-order valence-electron chi connectivity index (χ2n) is 40.1. The molecule has 0 fully saturated rings. The Morgan fingerprint density at radius 2 is 0.517 bits per heavy atom. The monoisotopic (exact) mass is 2460 g/mol. The van der Waals surface area contributed by atoms with Gasteiger partial charge in [0.1, 0.15) is 0 Å². The van der Waals surface area contributed by atoms with Gasteiger partial charge >= 0.3 is 0 Å². The minimum atomic E-state index is -0.106. The number of hydrogen-bond acceptors (Lipinski definition) is 6. The molecule has 0 unspecified atom stereocenters. The maximum absolute atomic E-state index is 5.00. The maximum atomic E-state index is 5.00. The Labute approximate surface area is 922 Å². The zero-order chi connectivity index (χ0) is 100. The molecule has 4 aromatic heterocycles. The Kier molecular flexibility index (Phi) is 35.7. The molecule has 0 amide bonds. The number of pyridine rings is 3. The fraction of sp³-hybridized carbons (Fsp3) is 0.143. The molecule has 6 nitrogen and oxygen atoms in total. The quantitative estimate of drug-likeness (QED) is 0.0419. The van der Waals surface area contributed by atoms with Crippen LogP contribution >= 0.6 is 0 Å². The van der Waals surface area contributed by atoms with Gasteiger partial charge in [-0.3, -0.25) is 0 Å². The third kappa shape index (κ3) is 25.8. The molecule has 0 atom stereocenters. The molecule has 4 heterocycles. The first-order valence-electron chi connectivity index (χ1n) is 51.2. The summed E-state index contributed by atoms with van der Waals surface area (Å²) in [5.41, 5.74) is 46.5. The van der Waals surface area contributed by atoms with Crippen LogP contribution in [-0.4, -0.2) is 29.9 Å². The van der Waals surface area contributed by atoms with Crippen LogP contribution in [0.1, 0.15) is 126 Å². The van der Waals surface area contributed by atoms with Crippen LogP contribution in [0.4, 0.5) is 0 Å². The topological polar surface area (TPSA) is 77.3 Å². The average Bonchev–Trinajstić information content (AvgIpc) is 0.736. The maximum Gasteiger partial charge on any atom is 0.164 e. The van der Waals surface area contributed by atoms with E-state index in [1.165, 1.54) is 189 Å². The fourth-order valence-corrected chi connectivity index (χ4v) is 20.1. The number of rotatable bonds is 25. The molecule has 17 aromatic carbocycles. The first-order chi connectivity index (χ1) is 71.3. The molecule has 149 heavy (non-hydrogen) atoms. The summed E-state index contributed by atoms with van der Waals surface area (Å²) in [6.07, 6.45) is 14.6. The van der Waals surface area contributed by atoms with Crippen LogP contribution in [0.5, 0.6) is 0 Å². The molecule has 0 saturated heterocycles. The van der Waals surface area contributed by atoms with Gasteiger partial charge in [-0.25, -0.2) is 15.0 Å². The molecule has 0 aliphatic carbocycles. The third-order valence-corrected chi connectivity index (χ3v) is 27.5. The van der Waals surface area contributed by atoms with Crippen molar-refractivity contribution in [3.8, 4) is 201 Å². The van der Waals surface area contributed by atoms with E-state index in [9.17, 15) is 0 Å². The number of unbranched alkanes of at least 4 members (excludes halogenated alkanes) is 5. The Balaban J connectivity index is 0.000000158. The van der Waals surface area contributed by atoms with Crippen molar-refractivity contribution in [2.75, 3.05) is 0 Å². The molecule has 0 saturated carbocycles. The predicted molar refractivity (Wildman–Crippen MR) is 614 cm³/mol. The second-order valence-corrected chi connectivity index (χ2v) is 40.1. The van der Waals surface area contributed by atoms with E-state index in [1.807, 2.05) is 146 Å². The summed E-state index contributed by atoms with van der Waals surface area (Å²) in [5, 5.41) is 0. The number of nitrogens with zero attached hydrogens (tertiary/aromatic N) is 6. The van der Waals surface area contributed by atoms with E-state index in [0.717, 1.165) is 79.1 Å². The van der Waals surface area contributed by atoms with Crippen molar-refractivity contribution in [1.29, 1.82) is 0 Å². The average molecular weight is 2460 g/mol. The van der Waals surface area contributed by atoms with Crippen LogP contribution in [0.2, 0.25) is 0 Å². The molecule has 21 aromatic rings. The van der Waals surface area contributed by atoms with Gasteiger partial charge < -0.3 is 15.0 Å². The SMILES string of the molecule is CCCCCCCCc1cccc(-c2cc(C(C)(C)C)c(-c3cc(-c4ccccc4)ccc3-c3cc[c-]c(-c4ccccn4)c3)c(C(C)(C)C)c2)c1.Cc1cc(-c2cccc(-c3cccc(-c4ccccc4)c3)c2)cc(C)c1-c1cc(-c2ccccc2)ccc1-c1cc[c-]c(-c2ccccn2)c1.Cc1cccc(C)c1-c1cc(-c2nc(-c3ccccc3)nc(-c3ccccc3)n2)ccc1-c1cc[c-]c(-c2ccccn2)c1.[Ir].[Ir].[Ir]. The van der Waals surface area contributed by atoms with Gasteiger partial charge in [-0.2, -0.15) is 0 Å². The molecule has 9 heteroatoms. The van der Waals surface area contributed by atoms with Crippen molar-refractivity contribution in [2.45, 2.75) is 132 Å².